The van der Waals surface area contributed by atoms with Crippen molar-refractivity contribution in [3.8, 4) is 17.1 Å². The van der Waals surface area contributed by atoms with Gasteiger partial charge in [0.05, 0.1) is 12.7 Å². The van der Waals surface area contributed by atoms with Gasteiger partial charge in [-0.15, -0.1) is 0 Å². The molecule has 0 N–H and O–H groups in total. The van der Waals surface area contributed by atoms with E-state index in [0.29, 0.717) is 31.9 Å². The van der Waals surface area contributed by atoms with Crippen molar-refractivity contribution in [3.63, 3.8) is 0 Å². The lowest BCUT2D eigenvalue weighted by molar-refractivity contribution is -0.130. The molecule has 0 atom stereocenters. The van der Waals surface area contributed by atoms with E-state index in [2.05, 4.69) is 4.98 Å². The molecular formula is C22H24N2O3. The average Bonchev–Trinajstić information content (AvgIpc) is 3.16. The molecule has 3 rings (SSSR count). The van der Waals surface area contributed by atoms with Crippen molar-refractivity contribution in [1.29, 1.82) is 0 Å². The first-order valence-electron chi connectivity index (χ1n) is 9.05. The number of hydrogen-bond acceptors (Lipinski definition) is 4. The zero-order chi connectivity index (χ0) is 19.1. The fraction of sp³-hybridized carbons (Fsp3) is 0.273. The Bertz CT molecular complexity index is 857. The summed E-state index contributed by atoms with van der Waals surface area (Å²) in [4.78, 5) is 18.2. The second kappa shape index (κ2) is 9.03. The number of aromatic nitrogens is 1. The standard InChI is InChI=1S/C22H24N2O3/c1-17-8-10-18(11-9-17)20-16-23-21(27-20)12-13-22(25)24(2)14-15-26-19-6-4-3-5-7-19/h3-11,16H,12-15H2,1-2H3. The van der Waals surface area contributed by atoms with Crippen LogP contribution in [0.2, 0.25) is 0 Å². The molecule has 3 aromatic rings. The van der Waals surface area contributed by atoms with E-state index in [-0.39, 0.29) is 5.91 Å². The van der Waals surface area contributed by atoms with Gasteiger partial charge in [0, 0.05) is 25.5 Å². The Balaban J connectivity index is 1.44. The molecule has 0 fully saturated rings. The molecule has 0 spiro atoms. The first kappa shape index (κ1) is 18.7. The van der Waals surface area contributed by atoms with Gasteiger partial charge in [0.1, 0.15) is 12.4 Å². The molecule has 0 aliphatic carbocycles. The van der Waals surface area contributed by atoms with E-state index in [0.717, 1.165) is 17.1 Å². The third-order valence-corrected chi connectivity index (χ3v) is 4.31. The van der Waals surface area contributed by atoms with Gasteiger partial charge >= 0.3 is 0 Å². The molecule has 1 heterocycles. The van der Waals surface area contributed by atoms with Gasteiger partial charge in [-0.2, -0.15) is 0 Å². The van der Waals surface area contributed by atoms with Crippen LogP contribution in [0.15, 0.2) is 65.2 Å². The highest BCUT2D eigenvalue weighted by Crippen LogP contribution is 2.21. The summed E-state index contributed by atoms with van der Waals surface area (Å²) in [5.41, 5.74) is 2.18. The summed E-state index contributed by atoms with van der Waals surface area (Å²) in [6, 6.07) is 17.7. The van der Waals surface area contributed by atoms with Crippen LogP contribution in [-0.2, 0) is 11.2 Å². The highest BCUT2D eigenvalue weighted by molar-refractivity contribution is 5.76. The zero-order valence-electron chi connectivity index (χ0n) is 15.7. The van der Waals surface area contributed by atoms with Crippen LogP contribution >= 0.6 is 0 Å². The summed E-state index contributed by atoms with van der Waals surface area (Å²) in [7, 11) is 1.78. The van der Waals surface area contributed by atoms with Gasteiger partial charge in [-0.25, -0.2) is 4.98 Å². The van der Waals surface area contributed by atoms with E-state index in [1.807, 2.05) is 61.5 Å². The number of oxazole rings is 1. The second-order valence-electron chi connectivity index (χ2n) is 6.46. The van der Waals surface area contributed by atoms with Crippen LogP contribution in [0.3, 0.4) is 0 Å². The normalized spacial score (nSPS) is 10.6. The van der Waals surface area contributed by atoms with Crippen LogP contribution in [0.4, 0.5) is 0 Å². The molecule has 0 unspecified atom stereocenters. The molecule has 0 aliphatic rings. The van der Waals surface area contributed by atoms with Crippen molar-refractivity contribution in [1.82, 2.24) is 9.88 Å². The largest absolute Gasteiger partial charge is 0.492 e. The number of aryl methyl sites for hydroxylation is 2. The first-order chi connectivity index (χ1) is 13.1. The molecule has 0 saturated heterocycles. The fourth-order valence-electron chi connectivity index (χ4n) is 2.62. The molecule has 0 bridgehead atoms. The number of benzene rings is 2. The van der Waals surface area contributed by atoms with Crippen molar-refractivity contribution in [2.75, 3.05) is 20.2 Å². The van der Waals surface area contributed by atoms with Crippen molar-refractivity contribution < 1.29 is 13.9 Å². The molecule has 0 aliphatic heterocycles. The van der Waals surface area contributed by atoms with Gasteiger partial charge in [0.15, 0.2) is 11.7 Å². The lowest BCUT2D eigenvalue weighted by atomic mass is 10.1. The summed E-state index contributed by atoms with van der Waals surface area (Å²) in [6.07, 6.45) is 2.55. The third kappa shape index (κ3) is 5.45. The van der Waals surface area contributed by atoms with Gasteiger partial charge in [0.25, 0.3) is 0 Å². The average molecular weight is 364 g/mol. The smallest absolute Gasteiger partial charge is 0.222 e. The molecule has 2 aromatic carbocycles. The minimum atomic E-state index is 0.0433. The van der Waals surface area contributed by atoms with E-state index < -0.39 is 0 Å². The van der Waals surface area contributed by atoms with Gasteiger partial charge in [-0.05, 0) is 19.1 Å². The van der Waals surface area contributed by atoms with Crippen molar-refractivity contribution in [2.45, 2.75) is 19.8 Å². The summed E-state index contributed by atoms with van der Waals surface area (Å²) >= 11 is 0. The Morgan fingerprint density at radius 2 is 1.85 bits per heavy atom. The molecule has 5 heteroatoms. The topological polar surface area (TPSA) is 55.6 Å². The van der Waals surface area contributed by atoms with Crippen LogP contribution in [0.25, 0.3) is 11.3 Å². The number of likely N-dealkylation sites (N-methyl/N-ethyl adjacent to an activating group) is 1. The number of amides is 1. The van der Waals surface area contributed by atoms with E-state index >= 15 is 0 Å². The SMILES string of the molecule is Cc1ccc(-c2cnc(CCC(=O)N(C)CCOc3ccccc3)o2)cc1. The molecule has 0 radical (unpaired) electrons. The van der Waals surface area contributed by atoms with Crippen molar-refractivity contribution >= 4 is 5.91 Å². The number of rotatable bonds is 8. The fourth-order valence-corrected chi connectivity index (χ4v) is 2.62. The number of para-hydroxylation sites is 1. The lowest BCUT2D eigenvalue weighted by Crippen LogP contribution is -2.31. The Kier molecular flexibility index (Phi) is 6.26. The monoisotopic (exact) mass is 364 g/mol. The number of hydrogen-bond donors (Lipinski definition) is 0. The number of nitrogens with zero attached hydrogens (tertiary/aromatic N) is 2. The molecular weight excluding hydrogens is 340 g/mol. The van der Waals surface area contributed by atoms with E-state index in [4.69, 9.17) is 9.15 Å². The summed E-state index contributed by atoms with van der Waals surface area (Å²) in [5, 5.41) is 0. The maximum Gasteiger partial charge on any atom is 0.222 e. The van der Waals surface area contributed by atoms with Crippen LogP contribution < -0.4 is 4.74 Å². The molecule has 27 heavy (non-hydrogen) atoms. The maximum atomic E-state index is 12.3. The van der Waals surface area contributed by atoms with Crippen molar-refractivity contribution in [3.05, 3.63) is 72.2 Å². The Morgan fingerprint density at radius 1 is 1.11 bits per heavy atom. The van der Waals surface area contributed by atoms with E-state index in [9.17, 15) is 4.79 Å². The quantitative estimate of drug-likeness (QED) is 0.603. The Labute approximate surface area is 159 Å². The lowest BCUT2D eigenvalue weighted by Gasteiger charge is -2.17. The number of ether oxygens (including phenoxy) is 1. The number of carbonyl (C=O) groups is 1. The summed E-state index contributed by atoms with van der Waals surface area (Å²) in [6.45, 7) is 3.04. The van der Waals surface area contributed by atoms with Crippen LogP contribution in [-0.4, -0.2) is 36.0 Å². The van der Waals surface area contributed by atoms with Crippen LogP contribution in [0.1, 0.15) is 17.9 Å². The second-order valence-corrected chi connectivity index (χ2v) is 6.46. The van der Waals surface area contributed by atoms with Crippen molar-refractivity contribution in [2.24, 2.45) is 0 Å². The van der Waals surface area contributed by atoms with Crippen LogP contribution in [0.5, 0.6) is 5.75 Å². The molecule has 5 nitrogen and oxygen atoms in total. The highest BCUT2D eigenvalue weighted by Gasteiger charge is 2.12. The number of carbonyl (C=O) groups excluding carboxylic acids is 1. The summed E-state index contributed by atoms with van der Waals surface area (Å²) < 4.78 is 11.4. The van der Waals surface area contributed by atoms with Gasteiger partial charge in [0.2, 0.25) is 5.91 Å². The van der Waals surface area contributed by atoms with Gasteiger partial charge in [-0.1, -0.05) is 48.0 Å². The van der Waals surface area contributed by atoms with Gasteiger partial charge < -0.3 is 14.1 Å². The zero-order valence-corrected chi connectivity index (χ0v) is 15.7. The van der Waals surface area contributed by atoms with Gasteiger partial charge in [-0.3, -0.25) is 4.79 Å². The third-order valence-electron chi connectivity index (χ3n) is 4.31. The molecule has 1 aromatic heterocycles. The highest BCUT2D eigenvalue weighted by atomic mass is 16.5. The Morgan fingerprint density at radius 3 is 2.59 bits per heavy atom. The molecule has 1 amide bonds. The summed E-state index contributed by atoms with van der Waals surface area (Å²) in [5.74, 6) is 2.15. The molecule has 140 valence electrons. The van der Waals surface area contributed by atoms with E-state index in [1.54, 1.807) is 18.1 Å². The molecule has 0 saturated carbocycles. The minimum Gasteiger partial charge on any atom is -0.492 e. The maximum absolute atomic E-state index is 12.3. The Hall–Kier alpha value is -3.08. The predicted octanol–water partition coefficient (Wildman–Crippen LogP) is 4.12. The first-order valence-corrected chi connectivity index (χ1v) is 9.05. The van der Waals surface area contributed by atoms with E-state index in [1.165, 1.54) is 5.56 Å². The predicted molar refractivity (Wildman–Crippen MR) is 105 cm³/mol. The van der Waals surface area contributed by atoms with Crippen LogP contribution in [0, 0.1) is 6.92 Å². The minimum absolute atomic E-state index is 0.0433.